The first-order valence-electron chi connectivity index (χ1n) is 9.25. The molecule has 0 saturated heterocycles. The van der Waals surface area contributed by atoms with Crippen molar-refractivity contribution < 1.29 is 27.5 Å². The van der Waals surface area contributed by atoms with Crippen LogP contribution in [0.3, 0.4) is 0 Å². The minimum Gasteiger partial charge on any atom is -0.452 e. The first kappa shape index (κ1) is 22.0. The SMILES string of the molecule is CCn1cc(C(=O)OCC(=O)Nc2cccc(C(F)(F)F)c2)c(=O)c2ccc(C)nc21. The second-order valence-electron chi connectivity index (χ2n) is 6.68. The summed E-state index contributed by atoms with van der Waals surface area (Å²) in [7, 11) is 0. The Morgan fingerprint density at radius 1 is 1.19 bits per heavy atom. The molecule has 1 amide bonds. The van der Waals surface area contributed by atoms with Gasteiger partial charge in [0.1, 0.15) is 11.2 Å². The fraction of sp³-hybridized carbons (Fsp3) is 0.238. The molecule has 3 rings (SSSR count). The molecular formula is C21H18F3N3O4. The standard InChI is InChI=1S/C21H18F3N3O4/c1-3-27-10-16(18(29)15-8-7-12(2)25-19(15)27)20(30)31-11-17(28)26-14-6-4-5-13(9-14)21(22,23)24/h4-10H,3,11H2,1-2H3,(H,26,28). The molecule has 0 atom stereocenters. The van der Waals surface area contributed by atoms with Gasteiger partial charge in [-0.2, -0.15) is 13.2 Å². The Bertz CT molecular complexity index is 1220. The fourth-order valence-electron chi connectivity index (χ4n) is 2.93. The lowest BCUT2D eigenvalue weighted by Gasteiger charge is -2.12. The first-order chi connectivity index (χ1) is 14.6. The molecule has 0 spiro atoms. The Morgan fingerprint density at radius 3 is 2.61 bits per heavy atom. The van der Waals surface area contributed by atoms with Gasteiger partial charge in [-0.25, -0.2) is 9.78 Å². The largest absolute Gasteiger partial charge is 0.452 e. The Balaban J connectivity index is 1.75. The summed E-state index contributed by atoms with van der Waals surface area (Å²) in [6, 6.07) is 7.24. The van der Waals surface area contributed by atoms with Crippen LogP contribution in [-0.2, 0) is 22.3 Å². The molecule has 0 aliphatic heterocycles. The molecule has 0 bridgehead atoms. The highest BCUT2D eigenvalue weighted by Crippen LogP contribution is 2.30. The summed E-state index contributed by atoms with van der Waals surface area (Å²) >= 11 is 0. The number of hydrogen-bond donors (Lipinski definition) is 1. The maximum atomic E-state index is 12.8. The summed E-state index contributed by atoms with van der Waals surface area (Å²) < 4.78 is 44.8. The number of fused-ring (bicyclic) bond motifs is 1. The van der Waals surface area contributed by atoms with Gasteiger partial charge in [-0.3, -0.25) is 9.59 Å². The highest BCUT2D eigenvalue weighted by Gasteiger charge is 2.30. The van der Waals surface area contributed by atoms with Gasteiger partial charge >= 0.3 is 12.1 Å². The molecule has 1 aromatic carbocycles. The van der Waals surface area contributed by atoms with E-state index in [1.54, 1.807) is 23.6 Å². The predicted octanol–water partition coefficient (Wildman–Crippen LogP) is 3.54. The smallest absolute Gasteiger partial charge is 0.416 e. The lowest BCUT2D eigenvalue weighted by atomic mass is 10.2. The van der Waals surface area contributed by atoms with E-state index in [4.69, 9.17) is 4.74 Å². The van der Waals surface area contributed by atoms with Crippen LogP contribution in [0, 0.1) is 6.92 Å². The molecule has 10 heteroatoms. The number of aryl methyl sites for hydroxylation is 2. The van der Waals surface area contributed by atoms with Crippen molar-refractivity contribution in [2.75, 3.05) is 11.9 Å². The number of nitrogens with one attached hydrogen (secondary N) is 1. The van der Waals surface area contributed by atoms with Gasteiger partial charge in [0.2, 0.25) is 5.43 Å². The van der Waals surface area contributed by atoms with E-state index in [0.29, 0.717) is 17.9 Å². The number of benzene rings is 1. The lowest BCUT2D eigenvalue weighted by molar-refractivity contribution is -0.137. The van der Waals surface area contributed by atoms with Crippen LogP contribution in [0.4, 0.5) is 18.9 Å². The molecule has 3 aromatic rings. The van der Waals surface area contributed by atoms with Crippen LogP contribution in [0.25, 0.3) is 11.0 Å². The van der Waals surface area contributed by atoms with E-state index in [2.05, 4.69) is 10.3 Å². The maximum absolute atomic E-state index is 12.8. The number of carbonyl (C=O) groups excluding carboxylic acids is 2. The van der Waals surface area contributed by atoms with E-state index in [1.807, 2.05) is 6.92 Å². The van der Waals surface area contributed by atoms with Crippen molar-refractivity contribution in [1.82, 2.24) is 9.55 Å². The van der Waals surface area contributed by atoms with E-state index in [1.165, 1.54) is 12.3 Å². The third-order valence-electron chi connectivity index (χ3n) is 4.43. The second kappa shape index (κ2) is 8.58. The predicted molar refractivity (Wildman–Crippen MR) is 107 cm³/mol. The van der Waals surface area contributed by atoms with E-state index in [-0.39, 0.29) is 16.6 Å². The van der Waals surface area contributed by atoms with Crippen molar-refractivity contribution in [3.63, 3.8) is 0 Å². The summed E-state index contributed by atoms with van der Waals surface area (Å²) in [6.07, 6.45) is -3.25. The van der Waals surface area contributed by atoms with E-state index in [0.717, 1.165) is 18.2 Å². The molecule has 0 radical (unpaired) electrons. The average Bonchev–Trinajstić information content (AvgIpc) is 2.72. The quantitative estimate of drug-likeness (QED) is 0.622. The van der Waals surface area contributed by atoms with E-state index in [9.17, 15) is 27.6 Å². The van der Waals surface area contributed by atoms with Gasteiger partial charge < -0.3 is 14.6 Å². The summed E-state index contributed by atoms with van der Waals surface area (Å²) in [6.45, 7) is 3.25. The number of amides is 1. The summed E-state index contributed by atoms with van der Waals surface area (Å²) in [4.78, 5) is 41.4. The number of aromatic nitrogens is 2. The highest BCUT2D eigenvalue weighted by atomic mass is 19.4. The molecule has 2 heterocycles. The Hall–Kier alpha value is -3.69. The molecule has 0 fully saturated rings. The van der Waals surface area contributed by atoms with Gasteiger partial charge in [0.25, 0.3) is 5.91 Å². The van der Waals surface area contributed by atoms with Gasteiger partial charge in [0.15, 0.2) is 6.61 Å². The molecule has 31 heavy (non-hydrogen) atoms. The van der Waals surface area contributed by atoms with Crippen molar-refractivity contribution in [2.24, 2.45) is 0 Å². The van der Waals surface area contributed by atoms with Gasteiger partial charge in [-0.1, -0.05) is 6.07 Å². The normalized spacial score (nSPS) is 11.4. The average molecular weight is 433 g/mol. The van der Waals surface area contributed by atoms with Gasteiger partial charge in [0, 0.05) is 24.1 Å². The molecule has 0 aliphatic carbocycles. The van der Waals surface area contributed by atoms with Crippen molar-refractivity contribution in [3.8, 4) is 0 Å². The molecular weight excluding hydrogens is 415 g/mol. The van der Waals surface area contributed by atoms with Gasteiger partial charge in [-0.05, 0) is 44.2 Å². The number of nitrogens with zero attached hydrogens (tertiary/aromatic N) is 2. The minimum absolute atomic E-state index is 0.101. The van der Waals surface area contributed by atoms with Crippen LogP contribution >= 0.6 is 0 Å². The Morgan fingerprint density at radius 2 is 1.94 bits per heavy atom. The third-order valence-corrected chi connectivity index (χ3v) is 4.43. The van der Waals surface area contributed by atoms with Crippen LogP contribution in [0.5, 0.6) is 0 Å². The second-order valence-corrected chi connectivity index (χ2v) is 6.68. The number of halogens is 3. The monoisotopic (exact) mass is 433 g/mol. The highest BCUT2D eigenvalue weighted by molar-refractivity contribution is 5.96. The molecule has 0 saturated carbocycles. The number of carbonyl (C=O) groups is 2. The van der Waals surface area contributed by atoms with Gasteiger partial charge in [0.05, 0.1) is 10.9 Å². The summed E-state index contributed by atoms with van der Waals surface area (Å²) in [5, 5.41) is 2.46. The van der Waals surface area contributed by atoms with Crippen molar-refractivity contribution in [2.45, 2.75) is 26.6 Å². The molecule has 2 aromatic heterocycles. The maximum Gasteiger partial charge on any atom is 0.416 e. The first-order valence-corrected chi connectivity index (χ1v) is 9.25. The van der Waals surface area contributed by atoms with Gasteiger partial charge in [-0.15, -0.1) is 0 Å². The van der Waals surface area contributed by atoms with Crippen LogP contribution in [-0.4, -0.2) is 28.0 Å². The molecule has 162 valence electrons. The number of alkyl halides is 3. The minimum atomic E-state index is -4.56. The molecule has 0 aliphatic rings. The number of pyridine rings is 2. The zero-order valence-electron chi connectivity index (χ0n) is 16.6. The molecule has 0 unspecified atom stereocenters. The van der Waals surface area contributed by atoms with Crippen LogP contribution in [0.2, 0.25) is 0 Å². The Labute approximate surface area is 174 Å². The van der Waals surface area contributed by atoms with Crippen LogP contribution in [0.1, 0.15) is 28.5 Å². The summed E-state index contributed by atoms with van der Waals surface area (Å²) in [5.41, 5.74) is -0.761. The Kier molecular flexibility index (Phi) is 6.09. The van der Waals surface area contributed by atoms with Crippen molar-refractivity contribution in [3.05, 3.63) is 69.6 Å². The fourth-order valence-corrected chi connectivity index (χ4v) is 2.93. The number of anilines is 1. The third kappa shape index (κ3) is 4.90. The van der Waals surface area contributed by atoms with Crippen LogP contribution < -0.4 is 10.7 Å². The number of ether oxygens (including phenoxy) is 1. The van der Waals surface area contributed by atoms with Crippen LogP contribution in [0.15, 0.2) is 47.4 Å². The zero-order valence-corrected chi connectivity index (χ0v) is 16.6. The number of esters is 1. The lowest BCUT2D eigenvalue weighted by Crippen LogP contribution is -2.25. The zero-order chi connectivity index (χ0) is 22.8. The van der Waals surface area contributed by atoms with Crippen molar-refractivity contribution in [1.29, 1.82) is 0 Å². The summed E-state index contributed by atoms with van der Waals surface area (Å²) in [5.74, 6) is -1.87. The van der Waals surface area contributed by atoms with E-state index >= 15 is 0 Å². The topological polar surface area (TPSA) is 90.3 Å². The van der Waals surface area contributed by atoms with E-state index < -0.39 is 35.7 Å². The molecule has 7 nitrogen and oxygen atoms in total. The number of hydrogen-bond acceptors (Lipinski definition) is 5. The van der Waals surface area contributed by atoms with Crippen molar-refractivity contribution >= 4 is 28.6 Å². The number of rotatable bonds is 5. The molecule has 1 N–H and O–H groups in total.